The van der Waals surface area contributed by atoms with Gasteiger partial charge in [0.2, 0.25) is 0 Å². The lowest BCUT2D eigenvalue weighted by Crippen LogP contribution is -2.35. The molecule has 1 fully saturated rings. The molecule has 0 amide bonds. The molecule has 0 spiro atoms. The third-order valence-electron chi connectivity index (χ3n) is 2.49. The number of piperidine rings is 1. The lowest BCUT2D eigenvalue weighted by atomic mass is 9.95. The van der Waals surface area contributed by atoms with Crippen molar-refractivity contribution >= 4 is 0 Å². The van der Waals surface area contributed by atoms with Gasteiger partial charge in [0.15, 0.2) is 0 Å². The Morgan fingerprint density at radius 1 is 1.33 bits per heavy atom. The fourth-order valence-electron chi connectivity index (χ4n) is 1.93. The Bertz CT molecular complexity index is 135. The van der Waals surface area contributed by atoms with E-state index in [1.165, 1.54) is 32.4 Å². The van der Waals surface area contributed by atoms with Gasteiger partial charge in [-0.3, -0.25) is 4.90 Å². The molecule has 12 heavy (non-hydrogen) atoms. The van der Waals surface area contributed by atoms with Crippen molar-refractivity contribution in [2.45, 2.75) is 19.3 Å². The highest BCUT2D eigenvalue weighted by atomic mass is 15.1. The SMILES string of the molecule is C=CCC1CCCN(CC=C)C1. The predicted molar refractivity (Wildman–Crippen MR) is 54.2 cm³/mol. The van der Waals surface area contributed by atoms with Crippen LogP contribution in [-0.4, -0.2) is 24.5 Å². The van der Waals surface area contributed by atoms with Gasteiger partial charge in [0.25, 0.3) is 0 Å². The van der Waals surface area contributed by atoms with Crippen molar-refractivity contribution in [3.63, 3.8) is 0 Å². The van der Waals surface area contributed by atoms with E-state index < -0.39 is 0 Å². The molecule has 0 saturated carbocycles. The highest BCUT2D eigenvalue weighted by Crippen LogP contribution is 2.19. The van der Waals surface area contributed by atoms with Gasteiger partial charge in [-0.15, -0.1) is 13.2 Å². The first-order valence-electron chi connectivity index (χ1n) is 4.81. The first kappa shape index (κ1) is 9.53. The van der Waals surface area contributed by atoms with Crippen LogP contribution in [0.25, 0.3) is 0 Å². The number of rotatable bonds is 4. The van der Waals surface area contributed by atoms with Gasteiger partial charge in [0.05, 0.1) is 0 Å². The Morgan fingerprint density at radius 2 is 2.17 bits per heavy atom. The van der Waals surface area contributed by atoms with Crippen molar-refractivity contribution in [3.05, 3.63) is 25.3 Å². The molecule has 1 heteroatoms. The minimum atomic E-state index is 0.844. The maximum Gasteiger partial charge on any atom is 0.0160 e. The molecule has 0 bridgehead atoms. The maximum atomic E-state index is 3.79. The first-order chi connectivity index (χ1) is 5.86. The molecule has 1 heterocycles. The van der Waals surface area contributed by atoms with Crippen LogP contribution in [-0.2, 0) is 0 Å². The van der Waals surface area contributed by atoms with Gasteiger partial charge in [0, 0.05) is 13.1 Å². The Kier molecular flexibility index (Phi) is 4.09. The van der Waals surface area contributed by atoms with Crippen LogP contribution in [0, 0.1) is 5.92 Å². The lowest BCUT2D eigenvalue weighted by Gasteiger charge is -2.31. The lowest BCUT2D eigenvalue weighted by molar-refractivity contribution is 0.192. The van der Waals surface area contributed by atoms with Crippen molar-refractivity contribution in [1.29, 1.82) is 0 Å². The van der Waals surface area contributed by atoms with Crippen LogP contribution in [0.2, 0.25) is 0 Å². The van der Waals surface area contributed by atoms with E-state index in [1.807, 2.05) is 12.2 Å². The van der Waals surface area contributed by atoms with Gasteiger partial charge in [0.1, 0.15) is 0 Å². The largest absolute Gasteiger partial charge is 0.299 e. The fourth-order valence-corrected chi connectivity index (χ4v) is 1.93. The van der Waals surface area contributed by atoms with Crippen molar-refractivity contribution in [2.75, 3.05) is 19.6 Å². The van der Waals surface area contributed by atoms with Crippen molar-refractivity contribution in [2.24, 2.45) is 5.92 Å². The molecule has 1 nitrogen and oxygen atoms in total. The van der Waals surface area contributed by atoms with Crippen LogP contribution in [0.1, 0.15) is 19.3 Å². The predicted octanol–water partition coefficient (Wildman–Crippen LogP) is 2.46. The second kappa shape index (κ2) is 5.15. The van der Waals surface area contributed by atoms with Gasteiger partial charge < -0.3 is 0 Å². The molecule has 0 aromatic rings. The number of nitrogens with zero attached hydrogens (tertiary/aromatic N) is 1. The normalized spacial score (nSPS) is 25.2. The van der Waals surface area contributed by atoms with Crippen LogP contribution in [0.3, 0.4) is 0 Å². The summed E-state index contributed by atoms with van der Waals surface area (Å²) >= 11 is 0. The van der Waals surface area contributed by atoms with E-state index in [9.17, 15) is 0 Å². The number of likely N-dealkylation sites (tertiary alicyclic amines) is 1. The van der Waals surface area contributed by atoms with Gasteiger partial charge >= 0.3 is 0 Å². The third kappa shape index (κ3) is 2.82. The maximum absolute atomic E-state index is 3.79. The quantitative estimate of drug-likeness (QED) is 0.578. The Labute approximate surface area is 75.8 Å². The molecule has 1 aliphatic heterocycles. The number of hydrogen-bond acceptors (Lipinski definition) is 1. The molecule has 0 aromatic carbocycles. The molecule has 1 atom stereocenters. The Balaban J connectivity index is 2.29. The number of allylic oxidation sites excluding steroid dienone is 1. The number of hydrogen-bond donors (Lipinski definition) is 0. The first-order valence-corrected chi connectivity index (χ1v) is 4.81. The van der Waals surface area contributed by atoms with E-state index in [1.54, 1.807) is 0 Å². The monoisotopic (exact) mass is 165 g/mol. The molecule has 0 radical (unpaired) electrons. The molecule has 68 valence electrons. The Morgan fingerprint density at radius 3 is 2.83 bits per heavy atom. The van der Waals surface area contributed by atoms with Crippen molar-refractivity contribution in [1.82, 2.24) is 4.90 Å². The molecule has 0 aromatic heterocycles. The summed E-state index contributed by atoms with van der Waals surface area (Å²) in [7, 11) is 0. The zero-order valence-electron chi connectivity index (χ0n) is 7.84. The van der Waals surface area contributed by atoms with Crippen LogP contribution in [0.15, 0.2) is 25.3 Å². The van der Waals surface area contributed by atoms with E-state index in [0.29, 0.717) is 0 Å². The van der Waals surface area contributed by atoms with E-state index >= 15 is 0 Å². The summed E-state index contributed by atoms with van der Waals surface area (Å²) in [6.07, 6.45) is 7.93. The molecule has 1 rings (SSSR count). The van der Waals surface area contributed by atoms with E-state index in [2.05, 4.69) is 18.1 Å². The summed E-state index contributed by atoms with van der Waals surface area (Å²) in [5, 5.41) is 0. The highest BCUT2D eigenvalue weighted by Gasteiger charge is 2.17. The summed E-state index contributed by atoms with van der Waals surface area (Å²) in [6, 6.07) is 0. The summed E-state index contributed by atoms with van der Waals surface area (Å²) in [6.45, 7) is 11.1. The molecular weight excluding hydrogens is 146 g/mol. The summed E-state index contributed by atoms with van der Waals surface area (Å²) in [4.78, 5) is 2.48. The molecule has 0 aliphatic carbocycles. The second-order valence-corrected chi connectivity index (χ2v) is 3.58. The van der Waals surface area contributed by atoms with Crippen molar-refractivity contribution in [3.8, 4) is 0 Å². The average Bonchev–Trinajstić information content (AvgIpc) is 2.06. The van der Waals surface area contributed by atoms with E-state index in [-0.39, 0.29) is 0 Å². The topological polar surface area (TPSA) is 3.24 Å². The van der Waals surface area contributed by atoms with Crippen LogP contribution in [0.5, 0.6) is 0 Å². The van der Waals surface area contributed by atoms with Crippen LogP contribution >= 0.6 is 0 Å². The molecule has 1 aliphatic rings. The van der Waals surface area contributed by atoms with Gasteiger partial charge in [-0.1, -0.05) is 12.2 Å². The smallest absolute Gasteiger partial charge is 0.0160 e. The van der Waals surface area contributed by atoms with Gasteiger partial charge in [-0.25, -0.2) is 0 Å². The van der Waals surface area contributed by atoms with Crippen LogP contribution < -0.4 is 0 Å². The fraction of sp³-hybridized carbons (Fsp3) is 0.636. The zero-order valence-corrected chi connectivity index (χ0v) is 7.84. The minimum Gasteiger partial charge on any atom is -0.299 e. The van der Waals surface area contributed by atoms with Crippen LogP contribution in [0.4, 0.5) is 0 Å². The summed E-state index contributed by atoms with van der Waals surface area (Å²) in [5.74, 6) is 0.844. The zero-order chi connectivity index (χ0) is 8.81. The standard InChI is InChI=1S/C11H19N/c1-3-6-11-7-5-9-12(10-11)8-4-2/h3-4,11H,1-2,5-10H2. The second-order valence-electron chi connectivity index (χ2n) is 3.58. The van der Waals surface area contributed by atoms with Gasteiger partial charge in [-0.2, -0.15) is 0 Å². The van der Waals surface area contributed by atoms with E-state index in [4.69, 9.17) is 0 Å². The molecule has 0 N–H and O–H groups in total. The van der Waals surface area contributed by atoms with Gasteiger partial charge in [-0.05, 0) is 31.7 Å². The Hall–Kier alpha value is -0.560. The van der Waals surface area contributed by atoms with Crippen molar-refractivity contribution < 1.29 is 0 Å². The average molecular weight is 165 g/mol. The van der Waals surface area contributed by atoms with E-state index in [0.717, 1.165) is 12.5 Å². The summed E-state index contributed by atoms with van der Waals surface area (Å²) in [5.41, 5.74) is 0. The summed E-state index contributed by atoms with van der Waals surface area (Å²) < 4.78 is 0. The highest BCUT2D eigenvalue weighted by molar-refractivity contribution is 4.82. The molecule has 1 saturated heterocycles. The minimum absolute atomic E-state index is 0.844. The molecular formula is C11H19N. The molecule has 1 unspecified atom stereocenters. The third-order valence-corrected chi connectivity index (χ3v) is 2.49.